The fraction of sp³-hybridized carbons (Fsp3) is 0.308. The topological polar surface area (TPSA) is 29.1 Å². The standard InChI is InChI=1S/C13H15NO/c1-13(11-6-3-2-4-7-11)9-5-8-12(15)14-10-13/h2-8H,9-10H2,1H3,(H,14,15). The number of rotatable bonds is 1. The van der Waals surface area contributed by atoms with Gasteiger partial charge in [-0.25, -0.2) is 0 Å². The molecule has 15 heavy (non-hydrogen) atoms. The number of amides is 1. The van der Waals surface area contributed by atoms with Crippen molar-refractivity contribution in [2.45, 2.75) is 18.8 Å². The number of nitrogens with one attached hydrogen (secondary N) is 1. The summed E-state index contributed by atoms with van der Waals surface area (Å²) in [6, 6.07) is 10.3. The lowest BCUT2D eigenvalue weighted by molar-refractivity contribution is -0.116. The second-order valence-electron chi connectivity index (χ2n) is 4.25. The molecule has 2 nitrogen and oxygen atoms in total. The third-order valence-electron chi connectivity index (χ3n) is 2.96. The molecule has 0 saturated carbocycles. The summed E-state index contributed by atoms with van der Waals surface area (Å²) in [4.78, 5) is 11.2. The van der Waals surface area contributed by atoms with E-state index in [9.17, 15) is 4.79 Å². The van der Waals surface area contributed by atoms with Gasteiger partial charge in [0.15, 0.2) is 0 Å². The highest BCUT2D eigenvalue weighted by Gasteiger charge is 2.27. The fourth-order valence-corrected chi connectivity index (χ4v) is 1.90. The van der Waals surface area contributed by atoms with Crippen LogP contribution < -0.4 is 5.32 Å². The molecule has 0 saturated heterocycles. The maximum Gasteiger partial charge on any atom is 0.243 e. The molecular weight excluding hydrogens is 186 g/mol. The molecular formula is C13H15NO. The van der Waals surface area contributed by atoms with E-state index in [1.165, 1.54) is 5.56 Å². The Bertz CT molecular complexity index is 383. The lowest BCUT2D eigenvalue weighted by Gasteiger charge is -2.27. The molecule has 1 aromatic rings. The Hall–Kier alpha value is -1.57. The van der Waals surface area contributed by atoms with E-state index in [4.69, 9.17) is 0 Å². The van der Waals surface area contributed by atoms with Gasteiger partial charge in [0, 0.05) is 12.0 Å². The second kappa shape index (κ2) is 3.89. The van der Waals surface area contributed by atoms with Crippen LogP contribution in [0.3, 0.4) is 0 Å². The highest BCUT2D eigenvalue weighted by atomic mass is 16.1. The molecule has 1 atom stereocenters. The molecule has 0 fully saturated rings. The molecule has 0 radical (unpaired) electrons. The normalized spacial score (nSPS) is 25.8. The van der Waals surface area contributed by atoms with Gasteiger partial charge in [-0.05, 0) is 18.1 Å². The maximum absolute atomic E-state index is 11.2. The smallest absolute Gasteiger partial charge is 0.243 e. The zero-order valence-corrected chi connectivity index (χ0v) is 8.86. The number of carbonyl (C=O) groups excluding carboxylic acids is 1. The van der Waals surface area contributed by atoms with Crippen LogP contribution in [0.4, 0.5) is 0 Å². The van der Waals surface area contributed by atoms with E-state index in [2.05, 4.69) is 24.4 Å². The first-order valence-electron chi connectivity index (χ1n) is 5.21. The van der Waals surface area contributed by atoms with Crippen LogP contribution in [0, 0.1) is 0 Å². The van der Waals surface area contributed by atoms with Gasteiger partial charge in [0.2, 0.25) is 5.91 Å². The quantitative estimate of drug-likeness (QED) is 0.740. The number of hydrogen-bond donors (Lipinski definition) is 1. The Kier molecular flexibility index (Phi) is 2.58. The Balaban J connectivity index is 2.27. The summed E-state index contributed by atoms with van der Waals surface area (Å²) < 4.78 is 0. The minimum absolute atomic E-state index is 0.00894. The zero-order valence-electron chi connectivity index (χ0n) is 8.86. The minimum Gasteiger partial charge on any atom is -0.352 e. The number of benzene rings is 1. The van der Waals surface area contributed by atoms with Crippen LogP contribution in [-0.2, 0) is 10.2 Å². The number of allylic oxidation sites excluding steroid dienone is 1. The van der Waals surface area contributed by atoms with Gasteiger partial charge in [0.25, 0.3) is 0 Å². The summed E-state index contributed by atoms with van der Waals surface area (Å²) in [5, 5.41) is 2.91. The van der Waals surface area contributed by atoms with E-state index < -0.39 is 0 Å². The van der Waals surface area contributed by atoms with Crippen molar-refractivity contribution >= 4 is 5.91 Å². The lowest BCUT2D eigenvalue weighted by atomic mass is 9.80. The monoisotopic (exact) mass is 201 g/mol. The van der Waals surface area contributed by atoms with E-state index in [0.29, 0.717) is 6.54 Å². The zero-order chi connectivity index (χ0) is 10.7. The van der Waals surface area contributed by atoms with Crippen molar-refractivity contribution in [3.63, 3.8) is 0 Å². The molecule has 1 heterocycles. The Morgan fingerprint density at radius 3 is 2.73 bits per heavy atom. The first-order chi connectivity index (χ1) is 7.21. The van der Waals surface area contributed by atoms with Crippen molar-refractivity contribution < 1.29 is 4.79 Å². The second-order valence-corrected chi connectivity index (χ2v) is 4.25. The Labute approximate surface area is 90.0 Å². The van der Waals surface area contributed by atoms with Crippen LogP contribution in [0.5, 0.6) is 0 Å². The lowest BCUT2D eigenvalue weighted by Crippen LogP contribution is -2.36. The van der Waals surface area contributed by atoms with Crippen LogP contribution >= 0.6 is 0 Å². The SMILES string of the molecule is CC1(c2ccccc2)CC=CC(=O)NC1. The minimum atomic E-state index is 0.00894. The van der Waals surface area contributed by atoms with Crippen molar-refractivity contribution in [1.29, 1.82) is 0 Å². The predicted octanol–water partition coefficient (Wildman–Crippen LogP) is 2.02. The van der Waals surface area contributed by atoms with Gasteiger partial charge >= 0.3 is 0 Å². The largest absolute Gasteiger partial charge is 0.352 e. The number of hydrogen-bond acceptors (Lipinski definition) is 1. The van der Waals surface area contributed by atoms with Crippen molar-refractivity contribution in [3.05, 3.63) is 48.0 Å². The molecule has 1 aliphatic rings. The van der Waals surface area contributed by atoms with E-state index in [0.717, 1.165) is 6.42 Å². The highest BCUT2D eigenvalue weighted by molar-refractivity contribution is 5.87. The summed E-state index contributed by atoms with van der Waals surface area (Å²) in [5.41, 5.74) is 1.29. The maximum atomic E-state index is 11.2. The van der Waals surface area contributed by atoms with Crippen molar-refractivity contribution in [3.8, 4) is 0 Å². The van der Waals surface area contributed by atoms with Crippen molar-refractivity contribution in [1.82, 2.24) is 5.32 Å². The van der Waals surface area contributed by atoms with Gasteiger partial charge in [-0.15, -0.1) is 0 Å². The van der Waals surface area contributed by atoms with Crippen molar-refractivity contribution in [2.75, 3.05) is 6.54 Å². The molecule has 1 N–H and O–H groups in total. The van der Waals surface area contributed by atoms with Crippen LogP contribution in [0.1, 0.15) is 18.9 Å². The Morgan fingerprint density at radius 2 is 2.00 bits per heavy atom. The third-order valence-corrected chi connectivity index (χ3v) is 2.96. The molecule has 1 unspecified atom stereocenters. The molecule has 2 heteroatoms. The Morgan fingerprint density at radius 1 is 1.27 bits per heavy atom. The molecule has 0 bridgehead atoms. The average molecular weight is 201 g/mol. The predicted molar refractivity (Wildman–Crippen MR) is 60.6 cm³/mol. The molecule has 1 amide bonds. The average Bonchev–Trinajstić information content (AvgIpc) is 2.44. The molecule has 0 aliphatic carbocycles. The van der Waals surface area contributed by atoms with Gasteiger partial charge in [-0.2, -0.15) is 0 Å². The fourth-order valence-electron chi connectivity index (χ4n) is 1.90. The van der Waals surface area contributed by atoms with Crippen LogP contribution in [0.25, 0.3) is 0 Å². The summed E-state index contributed by atoms with van der Waals surface area (Å²) in [6.45, 7) is 2.88. The molecule has 0 spiro atoms. The van der Waals surface area contributed by atoms with E-state index in [1.807, 2.05) is 24.3 Å². The van der Waals surface area contributed by atoms with E-state index in [1.54, 1.807) is 6.08 Å². The van der Waals surface area contributed by atoms with Crippen LogP contribution in [-0.4, -0.2) is 12.5 Å². The molecule has 78 valence electrons. The van der Waals surface area contributed by atoms with Gasteiger partial charge in [0.1, 0.15) is 0 Å². The van der Waals surface area contributed by atoms with Gasteiger partial charge in [0.05, 0.1) is 0 Å². The first-order valence-corrected chi connectivity index (χ1v) is 5.21. The highest BCUT2D eigenvalue weighted by Crippen LogP contribution is 2.28. The first kappa shape index (κ1) is 9.97. The number of carbonyl (C=O) groups is 1. The van der Waals surface area contributed by atoms with E-state index >= 15 is 0 Å². The summed E-state index contributed by atoms with van der Waals surface area (Å²) in [5.74, 6) is 0.00894. The van der Waals surface area contributed by atoms with Gasteiger partial charge in [-0.3, -0.25) is 4.79 Å². The summed E-state index contributed by atoms with van der Waals surface area (Å²) >= 11 is 0. The molecule has 2 rings (SSSR count). The van der Waals surface area contributed by atoms with Crippen LogP contribution in [0.15, 0.2) is 42.5 Å². The molecule has 1 aromatic carbocycles. The molecule has 1 aliphatic heterocycles. The molecule has 0 aromatic heterocycles. The van der Waals surface area contributed by atoms with Crippen LogP contribution in [0.2, 0.25) is 0 Å². The third kappa shape index (κ3) is 2.09. The summed E-state index contributed by atoms with van der Waals surface area (Å²) in [7, 11) is 0. The van der Waals surface area contributed by atoms with E-state index in [-0.39, 0.29) is 11.3 Å². The summed E-state index contributed by atoms with van der Waals surface area (Å²) in [6.07, 6.45) is 4.47. The van der Waals surface area contributed by atoms with Gasteiger partial charge < -0.3 is 5.32 Å². The van der Waals surface area contributed by atoms with Gasteiger partial charge in [-0.1, -0.05) is 43.3 Å². The van der Waals surface area contributed by atoms with Crippen molar-refractivity contribution in [2.24, 2.45) is 0 Å².